The van der Waals surface area contributed by atoms with Crippen LogP contribution in [0, 0.1) is 35.5 Å². The summed E-state index contributed by atoms with van der Waals surface area (Å²) in [6, 6.07) is 7.02. The van der Waals surface area contributed by atoms with E-state index in [4.69, 9.17) is 11.6 Å². The molecule has 2 amide bonds. The van der Waals surface area contributed by atoms with Gasteiger partial charge in [0.2, 0.25) is 11.8 Å². The summed E-state index contributed by atoms with van der Waals surface area (Å²) in [4.78, 5) is 27.1. The molecule has 3 fully saturated rings. The molecule has 0 radical (unpaired) electrons. The van der Waals surface area contributed by atoms with Crippen molar-refractivity contribution in [3.05, 3.63) is 41.4 Å². The number of carbonyl (C=O) groups is 2. The molecule has 106 valence electrons. The predicted octanol–water partition coefficient (Wildman–Crippen LogP) is 2.90. The first-order valence-electron chi connectivity index (χ1n) is 7.48. The summed E-state index contributed by atoms with van der Waals surface area (Å²) in [5.74, 6) is 1.46. The van der Waals surface area contributed by atoms with Crippen molar-refractivity contribution < 1.29 is 9.59 Å². The van der Waals surface area contributed by atoms with Gasteiger partial charge in [0.15, 0.2) is 0 Å². The number of imide groups is 1. The third-order valence-corrected chi connectivity index (χ3v) is 5.96. The Hall–Kier alpha value is -1.61. The predicted molar refractivity (Wildman–Crippen MR) is 78.6 cm³/mol. The first-order chi connectivity index (χ1) is 10.2. The molecule has 5 aliphatic rings. The average Bonchev–Trinajstić information content (AvgIpc) is 3.24. The van der Waals surface area contributed by atoms with E-state index in [-0.39, 0.29) is 35.5 Å². The summed E-state index contributed by atoms with van der Waals surface area (Å²) in [6.07, 6.45) is 5.56. The van der Waals surface area contributed by atoms with E-state index < -0.39 is 0 Å². The number of rotatable bonds is 1. The molecular weight excluding hydrogens is 286 g/mol. The molecule has 6 atom stereocenters. The third-order valence-electron chi connectivity index (χ3n) is 5.73. The summed E-state index contributed by atoms with van der Waals surface area (Å²) in [7, 11) is 0. The summed E-state index contributed by atoms with van der Waals surface area (Å²) in [6.45, 7) is 0. The lowest BCUT2D eigenvalue weighted by Crippen LogP contribution is -2.40. The third kappa shape index (κ3) is 1.40. The van der Waals surface area contributed by atoms with Crippen LogP contribution in [0.15, 0.2) is 36.4 Å². The van der Waals surface area contributed by atoms with E-state index in [9.17, 15) is 9.59 Å². The molecule has 0 aromatic heterocycles. The molecule has 0 N–H and O–H groups in total. The molecule has 1 aliphatic heterocycles. The highest BCUT2D eigenvalue weighted by atomic mass is 35.5. The summed E-state index contributed by atoms with van der Waals surface area (Å²) >= 11 is 6.01. The second kappa shape index (κ2) is 3.77. The molecule has 1 heterocycles. The Kier molecular flexibility index (Phi) is 2.15. The molecule has 4 heteroatoms. The van der Waals surface area contributed by atoms with Gasteiger partial charge in [0.25, 0.3) is 0 Å². The molecule has 21 heavy (non-hydrogen) atoms. The van der Waals surface area contributed by atoms with Crippen LogP contribution in [-0.2, 0) is 9.59 Å². The number of hydrogen-bond acceptors (Lipinski definition) is 2. The second-order valence-electron chi connectivity index (χ2n) is 6.65. The van der Waals surface area contributed by atoms with Crippen LogP contribution >= 0.6 is 11.6 Å². The zero-order chi connectivity index (χ0) is 14.3. The van der Waals surface area contributed by atoms with Crippen LogP contribution in [0.1, 0.15) is 6.42 Å². The van der Waals surface area contributed by atoms with Crippen molar-refractivity contribution in [3.63, 3.8) is 0 Å². The van der Waals surface area contributed by atoms with E-state index in [1.807, 2.05) is 0 Å². The molecular formula is C17H14ClNO2. The van der Waals surface area contributed by atoms with Gasteiger partial charge in [-0.2, -0.15) is 0 Å². The Morgan fingerprint density at radius 1 is 1.00 bits per heavy atom. The lowest BCUT2D eigenvalue weighted by atomic mass is 9.63. The van der Waals surface area contributed by atoms with Crippen LogP contribution in [0.5, 0.6) is 0 Å². The van der Waals surface area contributed by atoms with E-state index >= 15 is 0 Å². The number of amides is 2. The fourth-order valence-corrected chi connectivity index (χ4v) is 5.01. The van der Waals surface area contributed by atoms with Gasteiger partial charge in [0, 0.05) is 5.02 Å². The lowest BCUT2D eigenvalue weighted by Gasteiger charge is -2.37. The first kappa shape index (κ1) is 12.0. The maximum atomic E-state index is 12.8. The van der Waals surface area contributed by atoms with Crippen molar-refractivity contribution in [2.45, 2.75) is 6.42 Å². The maximum absolute atomic E-state index is 12.8. The Labute approximate surface area is 127 Å². The van der Waals surface area contributed by atoms with E-state index in [0.29, 0.717) is 22.5 Å². The van der Waals surface area contributed by atoms with E-state index in [1.165, 1.54) is 11.3 Å². The Bertz CT molecular complexity index is 676. The van der Waals surface area contributed by atoms with Crippen LogP contribution in [0.3, 0.4) is 0 Å². The molecule has 0 spiro atoms. The van der Waals surface area contributed by atoms with Crippen LogP contribution in [0.25, 0.3) is 0 Å². The molecule has 1 aromatic carbocycles. The summed E-state index contributed by atoms with van der Waals surface area (Å²) in [5, 5.41) is 0.548. The van der Waals surface area contributed by atoms with Gasteiger partial charge in [0.05, 0.1) is 17.5 Å². The number of hydrogen-bond donors (Lipinski definition) is 0. The van der Waals surface area contributed by atoms with E-state index in [2.05, 4.69) is 12.2 Å². The SMILES string of the molecule is O=C1[C@@H]2[C@@H]3C=C[C@H]([C@H]4C[C@H]34)[C@H]2C(=O)N1c1cccc(Cl)c1. The highest BCUT2D eigenvalue weighted by Gasteiger charge is 2.67. The van der Waals surface area contributed by atoms with Gasteiger partial charge in [-0.1, -0.05) is 29.8 Å². The standard InChI is InChI=1S/C17H14ClNO2/c18-8-2-1-3-9(6-8)19-16(20)14-10-4-5-11(13-7-12(10)13)15(14)17(19)21/h1-6,10-15H,7H2/t10-,11-,12-,13-,14-,15-/m1/s1. The van der Waals surface area contributed by atoms with Crippen molar-refractivity contribution in [2.24, 2.45) is 35.5 Å². The van der Waals surface area contributed by atoms with Gasteiger partial charge in [-0.25, -0.2) is 4.90 Å². The van der Waals surface area contributed by atoms with Gasteiger partial charge in [0.1, 0.15) is 0 Å². The quantitative estimate of drug-likeness (QED) is 0.591. The van der Waals surface area contributed by atoms with Crippen molar-refractivity contribution in [1.29, 1.82) is 0 Å². The van der Waals surface area contributed by atoms with Gasteiger partial charge in [-0.05, 0) is 48.3 Å². The molecule has 1 aromatic rings. The van der Waals surface area contributed by atoms with Crippen LogP contribution in [0.4, 0.5) is 5.69 Å². The normalized spacial score (nSPS) is 42.2. The number of carbonyl (C=O) groups excluding carboxylic acids is 2. The van der Waals surface area contributed by atoms with Gasteiger partial charge >= 0.3 is 0 Å². The largest absolute Gasteiger partial charge is 0.274 e. The van der Waals surface area contributed by atoms with Gasteiger partial charge in [-0.3, -0.25) is 9.59 Å². The zero-order valence-electron chi connectivity index (χ0n) is 11.3. The van der Waals surface area contributed by atoms with Crippen molar-refractivity contribution in [2.75, 3.05) is 4.90 Å². The van der Waals surface area contributed by atoms with Gasteiger partial charge in [-0.15, -0.1) is 0 Å². The fourth-order valence-electron chi connectivity index (χ4n) is 4.83. The fraction of sp³-hybridized carbons (Fsp3) is 0.412. The molecule has 2 saturated carbocycles. The van der Waals surface area contributed by atoms with Crippen LogP contribution < -0.4 is 4.90 Å². The molecule has 1 saturated heterocycles. The van der Waals surface area contributed by atoms with E-state index in [0.717, 1.165) is 0 Å². The summed E-state index contributed by atoms with van der Waals surface area (Å²) in [5.41, 5.74) is 0.611. The monoisotopic (exact) mass is 299 g/mol. The lowest BCUT2D eigenvalue weighted by molar-refractivity contribution is -0.124. The number of anilines is 1. The highest BCUT2D eigenvalue weighted by Crippen LogP contribution is 2.65. The Balaban J connectivity index is 1.60. The maximum Gasteiger partial charge on any atom is 0.238 e. The number of benzene rings is 1. The molecule has 6 rings (SSSR count). The number of nitrogens with zero attached hydrogens (tertiary/aromatic N) is 1. The molecule has 2 bridgehead atoms. The Morgan fingerprint density at radius 2 is 1.62 bits per heavy atom. The van der Waals surface area contributed by atoms with Crippen LogP contribution in [0.2, 0.25) is 5.02 Å². The first-order valence-corrected chi connectivity index (χ1v) is 7.86. The minimum absolute atomic E-state index is 0.0306. The van der Waals surface area contributed by atoms with E-state index in [1.54, 1.807) is 24.3 Å². The number of halogens is 1. The van der Waals surface area contributed by atoms with Crippen molar-refractivity contribution >= 4 is 29.1 Å². The minimum Gasteiger partial charge on any atom is -0.274 e. The second-order valence-corrected chi connectivity index (χ2v) is 7.08. The zero-order valence-corrected chi connectivity index (χ0v) is 12.0. The van der Waals surface area contributed by atoms with Crippen LogP contribution in [-0.4, -0.2) is 11.8 Å². The minimum atomic E-state index is -0.143. The highest BCUT2D eigenvalue weighted by molar-refractivity contribution is 6.31. The smallest absolute Gasteiger partial charge is 0.238 e. The van der Waals surface area contributed by atoms with Crippen molar-refractivity contribution in [3.8, 4) is 0 Å². The van der Waals surface area contributed by atoms with Crippen molar-refractivity contribution in [1.82, 2.24) is 0 Å². The Morgan fingerprint density at radius 3 is 2.19 bits per heavy atom. The molecule has 3 nitrogen and oxygen atoms in total. The number of allylic oxidation sites excluding steroid dienone is 2. The molecule has 4 aliphatic carbocycles. The average molecular weight is 300 g/mol. The molecule has 0 unspecified atom stereocenters. The van der Waals surface area contributed by atoms with Gasteiger partial charge < -0.3 is 0 Å². The summed E-state index contributed by atoms with van der Waals surface area (Å²) < 4.78 is 0. The topological polar surface area (TPSA) is 37.4 Å².